The Morgan fingerprint density at radius 1 is 1.31 bits per heavy atom. The van der Waals surface area contributed by atoms with E-state index in [-0.39, 0.29) is 6.92 Å². The van der Waals surface area contributed by atoms with E-state index in [0.717, 1.165) is 12.4 Å². The van der Waals surface area contributed by atoms with Crippen molar-refractivity contribution in [3.05, 3.63) is 12.4 Å². The van der Waals surface area contributed by atoms with E-state index in [2.05, 4.69) is 10.3 Å². The summed E-state index contributed by atoms with van der Waals surface area (Å²) in [4.78, 5) is 0. The summed E-state index contributed by atoms with van der Waals surface area (Å²) in [6.07, 6.45) is 2.24. The molecule has 0 saturated carbocycles. The van der Waals surface area contributed by atoms with Crippen LogP contribution in [0.5, 0.6) is 0 Å². The molecule has 0 N–H and O–H groups in total. The van der Waals surface area contributed by atoms with Crippen LogP contribution in [0.3, 0.4) is 0 Å². The molecule has 0 aliphatic carbocycles. The van der Waals surface area contributed by atoms with E-state index in [4.69, 9.17) is 0 Å². The minimum Gasteiger partial charge on any atom is -0.246 e. The Balaban J connectivity index is 2.73. The van der Waals surface area contributed by atoms with Gasteiger partial charge in [-0.1, -0.05) is 5.21 Å². The van der Waals surface area contributed by atoms with Crippen LogP contribution in [-0.4, -0.2) is 26.8 Å². The van der Waals surface area contributed by atoms with E-state index >= 15 is 0 Å². The second-order valence-corrected chi connectivity index (χ2v) is 2.69. The summed E-state index contributed by atoms with van der Waals surface area (Å²) in [5, 5.41) is 6.39. The van der Waals surface area contributed by atoms with Crippen molar-refractivity contribution in [1.82, 2.24) is 15.0 Å². The van der Waals surface area contributed by atoms with Crippen molar-refractivity contribution in [2.45, 2.75) is 25.3 Å². The van der Waals surface area contributed by atoms with Gasteiger partial charge in [-0.05, 0) is 0 Å². The minimum atomic E-state index is -4.11. The molecule has 13 heavy (non-hydrogen) atoms. The largest absolute Gasteiger partial charge is 0.329 e. The summed E-state index contributed by atoms with van der Waals surface area (Å²) in [7, 11) is 0. The molecule has 0 fully saturated rings. The highest BCUT2D eigenvalue weighted by Crippen LogP contribution is 2.34. The Bertz CT molecular complexity index is 264. The van der Waals surface area contributed by atoms with Gasteiger partial charge in [-0.15, -0.1) is 5.10 Å². The fourth-order valence-electron chi connectivity index (χ4n) is 0.659. The van der Waals surface area contributed by atoms with Crippen LogP contribution >= 0.6 is 0 Å². The van der Waals surface area contributed by atoms with Crippen molar-refractivity contribution >= 4 is 0 Å². The number of rotatable bonds is 3. The Kier molecular flexibility index (Phi) is 2.27. The van der Waals surface area contributed by atoms with E-state index in [9.17, 15) is 17.6 Å². The van der Waals surface area contributed by atoms with E-state index in [1.165, 1.54) is 0 Å². The first kappa shape index (κ1) is 9.94. The van der Waals surface area contributed by atoms with Crippen molar-refractivity contribution in [1.29, 1.82) is 0 Å². The number of halogens is 4. The number of alkyl halides is 4. The summed E-state index contributed by atoms with van der Waals surface area (Å²) in [6.45, 7) is -1.000. The maximum absolute atomic E-state index is 12.7. The van der Waals surface area contributed by atoms with Crippen molar-refractivity contribution in [2.24, 2.45) is 0 Å². The highest BCUT2D eigenvalue weighted by Gasteiger charge is 2.52. The maximum atomic E-state index is 12.7. The van der Waals surface area contributed by atoms with Crippen LogP contribution in [0.1, 0.15) is 6.92 Å². The van der Waals surface area contributed by atoms with Crippen molar-refractivity contribution in [3.8, 4) is 0 Å². The van der Waals surface area contributed by atoms with Gasteiger partial charge in [0.25, 0.3) is 0 Å². The van der Waals surface area contributed by atoms with E-state index in [0.29, 0.717) is 4.68 Å². The quantitative estimate of drug-likeness (QED) is 0.688. The summed E-state index contributed by atoms with van der Waals surface area (Å²) in [6, 6.07) is 0. The molecule has 0 saturated heterocycles. The minimum absolute atomic E-state index is 0.171. The van der Waals surface area contributed by atoms with Gasteiger partial charge in [0.1, 0.15) is 6.54 Å². The first-order chi connectivity index (χ1) is 5.83. The molecule has 1 rings (SSSR count). The summed E-state index contributed by atoms with van der Waals surface area (Å²) < 4.78 is 50.5. The molecule has 7 heteroatoms. The molecular weight excluding hydrogens is 190 g/mol. The van der Waals surface area contributed by atoms with Gasteiger partial charge in [-0.25, -0.2) is 13.5 Å². The van der Waals surface area contributed by atoms with Crippen molar-refractivity contribution in [2.75, 3.05) is 0 Å². The van der Waals surface area contributed by atoms with Crippen LogP contribution in [-0.2, 0) is 6.54 Å². The lowest BCUT2D eigenvalue weighted by atomic mass is 10.2. The van der Waals surface area contributed by atoms with Gasteiger partial charge in [0, 0.05) is 13.1 Å². The summed E-state index contributed by atoms with van der Waals surface area (Å²) in [5.74, 6) is -8.17. The molecule has 0 aliphatic heterocycles. The van der Waals surface area contributed by atoms with Crippen LogP contribution in [0.4, 0.5) is 17.6 Å². The Morgan fingerprint density at radius 3 is 2.31 bits per heavy atom. The Morgan fingerprint density at radius 2 is 1.92 bits per heavy atom. The zero-order valence-electron chi connectivity index (χ0n) is 6.72. The topological polar surface area (TPSA) is 30.7 Å². The molecule has 74 valence electrons. The monoisotopic (exact) mass is 197 g/mol. The molecule has 0 atom stereocenters. The third-order valence-corrected chi connectivity index (χ3v) is 1.47. The molecule has 0 amide bonds. The predicted molar refractivity (Wildman–Crippen MR) is 35.6 cm³/mol. The van der Waals surface area contributed by atoms with Crippen LogP contribution in [0.25, 0.3) is 0 Å². The van der Waals surface area contributed by atoms with Gasteiger partial charge in [0.2, 0.25) is 0 Å². The van der Waals surface area contributed by atoms with Crippen molar-refractivity contribution < 1.29 is 17.6 Å². The fraction of sp³-hybridized carbons (Fsp3) is 0.667. The summed E-state index contributed by atoms with van der Waals surface area (Å²) >= 11 is 0. The molecule has 0 spiro atoms. The Hall–Kier alpha value is -1.14. The average Bonchev–Trinajstić information content (AvgIpc) is 2.35. The van der Waals surface area contributed by atoms with Crippen LogP contribution in [0, 0.1) is 0 Å². The molecule has 0 unspecified atom stereocenters. The number of hydrogen-bond acceptors (Lipinski definition) is 2. The molecule has 3 nitrogen and oxygen atoms in total. The third kappa shape index (κ3) is 2.16. The number of nitrogens with zero attached hydrogens (tertiary/aromatic N) is 3. The average molecular weight is 197 g/mol. The highest BCUT2D eigenvalue weighted by atomic mass is 19.3. The third-order valence-electron chi connectivity index (χ3n) is 1.47. The first-order valence-electron chi connectivity index (χ1n) is 3.43. The molecule has 0 aliphatic rings. The normalized spacial score (nSPS) is 13.3. The number of aromatic nitrogens is 3. The SMILES string of the molecule is CC(F)(F)C(F)(F)Cn1ccnn1. The highest BCUT2D eigenvalue weighted by molar-refractivity contribution is 4.81. The number of hydrogen-bond donors (Lipinski definition) is 0. The zero-order valence-corrected chi connectivity index (χ0v) is 6.72. The van der Waals surface area contributed by atoms with Gasteiger partial charge in [0.15, 0.2) is 0 Å². The molecular formula is C6H7F4N3. The first-order valence-corrected chi connectivity index (χ1v) is 3.43. The molecule has 0 radical (unpaired) electrons. The van der Waals surface area contributed by atoms with Gasteiger partial charge in [0.05, 0.1) is 6.20 Å². The molecule has 1 aromatic heterocycles. The van der Waals surface area contributed by atoms with Gasteiger partial charge in [-0.3, -0.25) is 0 Å². The van der Waals surface area contributed by atoms with Gasteiger partial charge >= 0.3 is 11.8 Å². The molecule has 0 aromatic carbocycles. The van der Waals surface area contributed by atoms with Crippen molar-refractivity contribution in [3.63, 3.8) is 0 Å². The van der Waals surface area contributed by atoms with E-state index in [1.807, 2.05) is 0 Å². The molecule has 0 bridgehead atoms. The van der Waals surface area contributed by atoms with Crippen LogP contribution in [0.2, 0.25) is 0 Å². The zero-order chi connectivity index (χ0) is 10.1. The second kappa shape index (κ2) is 2.97. The van der Waals surface area contributed by atoms with Crippen LogP contribution in [0.15, 0.2) is 12.4 Å². The predicted octanol–water partition coefficient (Wildman–Crippen LogP) is 1.57. The maximum Gasteiger partial charge on any atom is 0.329 e. The lowest BCUT2D eigenvalue weighted by Gasteiger charge is -2.22. The van der Waals surface area contributed by atoms with E-state index in [1.54, 1.807) is 0 Å². The molecule has 1 heterocycles. The Labute approximate surface area is 71.3 Å². The standard InChI is InChI=1S/C6H7F4N3/c1-5(7,8)6(9,10)4-13-3-2-11-12-13/h2-3H,4H2,1H3. The fourth-order valence-corrected chi connectivity index (χ4v) is 0.659. The lowest BCUT2D eigenvalue weighted by Crippen LogP contribution is -2.41. The summed E-state index contributed by atoms with van der Waals surface area (Å²) in [5.41, 5.74) is 0. The molecule has 1 aromatic rings. The smallest absolute Gasteiger partial charge is 0.246 e. The van der Waals surface area contributed by atoms with Gasteiger partial charge < -0.3 is 0 Å². The lowest BCUT2D eigenvalue weighted by molar-refractivity contribution is -0.205. The van der Waals surface area contributed by atoms with E-state index < -0.39 is 18.4 Å². The van der Waals surface area contributed by atoms with Crippen LogP contribution < -0.4 is 0 Å². The van der Waals surface area contributed by atoms with Gasteiger partial charge in [-0.2, -0.15) is 8.78 Å². The second-order valence-electron chi connectivity index (χ2n) is 2.69.